The van der Waals surface area contributed by atoms with Crippen LogP contribution in [-0.4, -0.2) is 23.0 Å². The molecule has 1 atom stereocenters. The summed E-state index contributed by atoms with van der Waals surface area (Å²) in [5.41, 5.74) is 1.15. The van der Waals surface area contributed by atoms with Gasteiger partial charge in [-0.05, 0) is 19.4 Å². The van der Waals surface area contributed by atoms with Crippen molar-refractivity contribution < 1.29 is 19.4 Å². The van der Waals surface area contributed by atoms with Crippen LogP contribution in [0.3, 0.4) is 0 Å². The Kier molecular flexibility index (Phi) is 8.44. The minimum atomic E-state index is -1.08. The van der Waals surface area contributed by atoms with E-state index in [1.165, 1.54) is 0 Å². The fraction of sp³-hybridized carbons (Fsp3) is 0.300. The van der Waals surface area contributed by atoms with E-state index in [1.807, 2.05) is 26.0 Å². The minimum absolute atomic E-state index is 0.0300. The number of rotatable bonds is 5. The molecule has 0 fully saturated rings. The standard InChI is InChI=1S/C14H12O2.C6H12O2/c15-13(11-7-3-1-4-8-11)14(16)12-9-5-2-6-10-12;1-4-6(7)8-5(2)3/h1-10,13,15H;5H,4H2,1-3H3. The SMILES string of the molecule is CCC(=O)OC(C)C.O=C(c1ccccc1)C(O)c1ccccc1. The van der Waals surface area contributed by atoms with Crippen LogP contribution in [0.2, 0.25) is 0 Å². The Morgan fingerprint density at radius 1 is 0.958 bits per heavy atom. The first-order valence-electron chi connectivity index (χ1n) is 7.97. The molecule has 0 saturated heterocycles. The van der Waals surface area contributed by atoms with Crippen molar-refractivity contribution >= 4 is 11.8 Å². The molecule has 4 nitrogen and oxygen atoms in total. The monoisotopic (exact) mass is 328 g/mol. The van der Waals surface area contributed by atoms with Gasteiger partial charge in [-0.15, -0.1) is 0 Å². The van der Waals surface area contributed by atoms with Crippen molar-refractivity contribution in [2.75, 3.05) is 0 Å². The lowest BCUT2D eigenvalue weighted by molar-refractivity contribution is -0.146. The van der Waals surface area contributed by atoms with Gasteiger partial charge in [-0.1, -0.05) is 67.6 Å². The summed E-state index contributed by atoms with van der Waals surface area (Å²) in [5.74, 6) is -0.396. The summed E-state index contributed by atoms with van der Waals surface area (Å²) < 4.78 is 4.76. The normalized spacial score (nSPS) is 11.2. The molecular formula is C20H24O4. The van der Waals surface area contributed by atoms with Crippen LogP contribution >= 0.6 is 0 Å². The number of benzene rings is 2. The molecule has 0 bridgehead atoms. The molecule has 0 aromatic heterocycles. The number of carbonyl (C=O) groups excluding carboxylic acids is 2. The van der Waals surface area contributed by atoms with Crippen LogP contribution in [0.1, 0.15) is 49.2 Å². The van der Waals surface area contributed by atoms with E-state index in [0.29, 0.717) is 17.5 Å². The summed E-state index contributed by atoms with van der Waals surface area (Å²) in [5, 5.41) is 9.89. The van der Waals surface area contributed by atoms with Gasteiger partial charge < -0.3 is 9.84 Å². The minimum Gasteiger partial charge on any atom is -0.463 e. The number of hydrogen-bond donors (Lipinski definition) is 1. The van der Waals surface area contributed by atoms with Crippen LogP contribution in [-0.2, 0) is 9.53 Å². The summed E-state index contributed by atoms with van der Waals surface area (Å²) in [6, 6.07) is 17.7. The van der Waals surface area contributed by atoms with Crippen molar-refractivity contribution in [1.82, 2.24) is 0 Å². The average Bonchev–Trinajstić information content (AvgIpc) is 2.62. The van der Waals surface area contributed by atoms with Gasteiger partial charge in [-0.25, -0.2) is 0 Å². The third-order valence-electron chi connectivity index (χ3n) is 3.08. The Morgan fingerprint density at radius 3 is 1.88 bits per heavy atom. The van der Waals surface area contributed by atoms with Gasteiger partial charge in [0.15, 0.2) is 5.78 Å². The number of Topliss-reactive ketones (excluding diaryl/α,β-unsaturated/α-hetero) is 1. The molecule has 0 spiro atoms. The number of carbonyl (C=O) groups is 2. The molecule has 0 radical (unpaired) electrons. The third kappa shape index (κ3) is 6.75. The Labute approximate surface area is 143 Å². The fourth-order valence-electron chi connectivity index (χ4n) is 1.89. The third-order valence-corrected chi connectivity index (χ3v) is 3.08. The van der Waals surface area contributed by atoms with Gasteiger partial charge in [-0.3, -0.25) is 9.59 Å². The molecule has 0 amide bonds. The Morgan fingerprint density at radius 2 is 1.46 bits per heavy atom. The van der Waals surface area contributed by atoms with E-state index in [-0.39, 0.29) is 17.9 Å². The summed E-state index contributed by atoms with van der Waals surface area (Å²) in [7, 11) is 0. The van der Waals surface area contributed by atoms with Crippen molar-refractivity contribution in [1.29, 1.82) is 0 Å². The van der Waals surface area contributed by atoms with Gasteiger partial charge in [0.25, 0.3) is 0 Å². The van der Waals surface area contributed by atoms with Gasteiger partial charge >= 0.3 is 5.97 Å². The Hall–Kier alpha value is -2.46. The van der Waals surface area contributed by atoms with Crippen LogP contribution in [0.25, 0.3) is 0 Å². The maximum Gasteiger partial charge on any atom is 0.305 e. The molecule has 1 N–H and O–H groups in total. The van der Waals surface area contributed by atoms with Gasteiger partial charge in [-0.2, -0.15) is 0 Å². The van der Waals surface area contributed by atoms with Crippen LogP contribution in [0.5, 0.6) is 0 Å². The quantitative estimate of drug-likeness (QED) is 0.667. The lowest BCUT2D eigenvalue weighted by atomic mass is 10.0. The molecule has 0 aliphatic heterocycles. The second kappa shape index (κ2) is 10.3. The lowest BCUT2D eigenvalue weighted by Crippen LogP contribution is -2.11. The van der Waals surface area contributed by atoms with Gasteiger partial charge in [0.2, 0.25) is 0 Å². The highest BCUT2D eigenvalue weighted by Crippen LogP contribution is 2.17. The number of hydrogen-bond acceptors (Lipinski definition) is 4. The number of esters is 1. The first-order chi connectivity index (χ1) is 11.5. The zero-order valence-electron chi connectivity index (χ0n) is 14.3. The van der Waals surface area contributed by atoms with Crippen LogP contribution < -0.4 is 0 Å². The Balaban J connectivity index is 0.000000307. The van der Waals surface area contributed by atoms with E-state index in [9.17, 15) is 14.7 Å². The molecule has 4 heteroatoms. The van der Waals surface area contributed by atoms with Gasteiger partial charge in [0.1, 0.15) is 6.10 Å². The van der Waals surface area contributed by atoms with E-state index in [1.54, 1.807) is 55.5 Å². The topological polar surface area (TPSA) is 63.6 Å². The summed E-state index contributed by atoms with van der Waals surface area (Å²) >= 11 is 0. The highest BCUT2D eigenvalue weighted by Gasteiger charge is 2.18. The number of ketones is 1. The van der Waals surface area contributed by atoms with Crippen molar-refractivity contribution in [3.05, 3.63) is 71.8 Å². The maximum atomic E-state index is 11.9. The van der Waals surface area contributed by atoms with Crippen molar-refractivity contribution in [3.63, 3.8) is 0 Å². The molecule has 0 aliphatic carbocycles. The largest absolute Gasteiger partial charge is 0.463 e. The van der Waals surface area contributed by atoms with E-state index in [4.69, 9.17) is 4.74 Å². The van der Waals surface area contributed by atoms with Crippen LogP contribution in [0, 0.1) is 0 Å². The molecule has 0 aliphatic rings. The molecule has 1 unspecified atom stereocenters. The fourth-order valence-corrected chi connectivity index (χ4v) is 1.89. The molecule has 0 heterocycles. The highest BCUT2D eigenvalue weighted by atomic mass is 16.5. The highest BCUT2D eigenvalue weighted by molar-refractivity contribution is 5.99. The van der Waals surface area contributed by atoms with Gasteiger partial charge in [0.05, 0.1) is 6.10 Å². The van der Waals surface area contributed by atoms with E-state index >= 15 is 0 Å². The second-order valence-corrected chi connectivity index (χ2v) is 5.44. The molecule has 2 aromatic carbocycles. The number of aliphatic hydroxyl groups excluding tert-OH is 1. The van der Waals surface area contributed by atoms with Crippen LogP contribution in [0.4, 0.5) is 0 Å². The van der Waals surface area contributed by atoms with E-state index in [0.717, 1.165) is 0 Å². The predicted octanol–water partition coefficient (Wildman–Crippen LogP) is 3.95. The maximum absolute atomic E-state index is 11.9. The van der Waals surface area contributed by atoms with Crippen molar-refractivity contribution in [2.45, 2.75) is 39.4 Å². The smallest absolute Gasteiger partial charge is 0.305 e. The average molecular weight is 328 g/mol. The van der Waals surface area contributed by atoms with Crippen molar-refractivity contribution in [2.24, 2.45) is 0 Å². The first kappa shape index (κ1) is 19.6. The number of ether oxygens (including phenoxy) is 1. The zero-order chi connectivity index (χ0) is 17.9. The summed E-state index contributed by atoms with van der Waals surface area (Å²) in [6.07, 6.45) is -0.580. The first-order valence-corrected chi connectivity index (χ1v) is 7.97. The van der Waals surface area contributed by atoms with Gasteiger partial charge in [0, 0.05) is 12.0 Å². The summed E-state index contributed by atoms with van der Waals surface area (Å²) in [6.45, 7) is 5.46. The number of aliphatic hydroxyl groups is 1. The molecular weight excluding hydrogens is 304 g/mol. The lowest BCUT2D eigenvalue weighted by Gasteiger charge is -2.09. The second-order valence-electron chi connectivity index (χ2n) is 5.44. The zero-order valence-corrected chi connectivity index (χ0v) is 14.3. The predicted molar refractivity (Wildman–Crippen MR) is 93.7 cm³/mol. The molecule has 0 saturated carbocycles. The Bertz CT molecular complexity index is 621. The van der Waals surface area contributed by atoms with Crippen LogP contribution in [0.15, 0.2) is 60.7 Å². The van der Waals surface area contributed by atoms with E-state index < -0.39 is 6.10 Å². The molecule has 2 aromatic rings. The van der Waals surface area contributed by atoms with E-state index in [2.05, 4.69) is 0 Å². The molecule has 128 valence electrons. The molecule has 24 heavy (non-hydrogen) atoms. The van der Waals surface area contributed by atoms with Crippen molar-refractivity contribution in [3.8, 4) is 0 Å². The molecule has 2 rings (SSSR count). The summed E-state index contributed by atoms with van der Waals surface area (Å²) in [4.78, 5) is 22.3.